The zero-order valence-corrected chi connectivity index (χ0v) is 16.4. The van der Waals surface area contributed by atoms with E-state index < -0.39 is 0 Å². The van der Waals surface area contributed by atoms with Crippen LogP contribution in [0.15, 0.2) is 47.5 Å². The molecule has 3 heterocycles. The molecule has 0 bridgehead atoms. The number of carbonyl (C=O) groups excluding carboxylic acids is 2. The Hall–Kier alpha value is -2.73. The molecule has 1 aliphatic heterocycles. The van der Waals surface area contributed by atoms with E-state index in [1.165, 1.54) is 17.4 Å². The molecular formula is C21H23N3O2S. The average Bonchev–Trinajstić information content (AvgIpc) is 3.15. The van der Waals surface area contributed by atoms with Crippen LogP contribution in [0.4, 0.5) is 5.82 Å². The summed E-state index contributed by atoms with van der Waals surface area (Å²) in [4.78, 5) is 31.0. The van der Waals surface area contributed by atoms with Crippen LogP contribution in [0, 0.1) is 6.92 Å². The maximum atomic E-state index is 12.4. The van der Waals surface area contributed by atoms with E-state index in [1.54, 1.807) is 29.7 Å². The number of carbonyl (C=O) groups is 2. The summed E-state index contributed by atoms with van der Waals surface area (Å²) in [6.07, 6.45) is 9.09. The van der Waals surface area contributed by atoms with E-state index >= 15 is 0 Å². The lowest BCUT2D eigenvalue weighted by molar-refractivity contribution is -0.125. The molecule has 2 amide bonds. The monoisotopic (exact) mass is 381 g/mol. The highest BCUT2D eigenvalue weighted by Gasteiger charge is 2.15. The van der Waals surface area contributed by atoms with Gasteiger partial charge in [-0.15, -0.1) is 11.3 Å². The molecule has 1 aliphatic rings. The molecular weight excluding hydrogens is 358 g/mol. The number of hydrogen-bond donors (Lipinski definition) is 1. The maximum absolute atomic E-state index is 12.4. The molecule has 0 radical (unpaired) electrons. The largest absolute Gasteiger partial charge is 0.335 e. The number of thiophene rings is 1. The Labute approximate surface area is 163 Å². The first-order valence-corrected chi connectivity index (χ1v) is 9.81. The van der Waals surface area contributed by atoms with Crippen molar-refractivity contribution in [3.8, 4) is 0 Å². The van der Waals surface area contributed by atoms with Crippen molar-refractivity contribution in [3.05, 3.63) is 63.5 Å². The number of nitrogens with zero attached hydrogens (tertiary/aromatic N) is 2. The van der Waals surface area contributed by atoms with Gasteiger partial charge in [-0.25, -0.2) is 4.98 Å². The first kappa shape index (κ1) is 19.0. The Morgan fingerprint density at radius 2 is 2.26 bits per heavy atom. The van der Waals surface area contributed by atoms with Gasteiger partial charge in [-0.05, 0) is 48.1 Å². The summed E-state index contributed by atoms with van der Waals surface area (Å²) in [5.74, 6) is 0.399. The van der Waals surface area contributed by atoms with Crippen LogP contribution >= 0.6 is 11.3 Å². The molecule has 0 unspecified atom stereocenters. The predicted octanol–water partition coefficient (Wildman–Crippen LogP) is 3.82. The Balaban J connectivity index is 1.57. The summed E-state index contributed by atoms with van der Waals surface area (Å²) >= 11 is 1.77. The van der Waals surface area contributed by atoms with Crippen LogP contribution in [0.2, 0.25) is 0 Å². The molecule has 0 saturated carbocycles. The fraction of sp³-hybridized carbons (Fsp3) is 0.286. The summed E-state index contributed by atoms with van der Waals surface area (Å²) < 4.78 is 0. The van der Waals surface area contributed by atoms with Crippen LogP contribution in [0.3, 0.4) is 0 Å². The highest BCUT2D eigenvalue weighted by atomic mass is 32.1. The van der Waals surface area contributed by atoms with Crippen LogP contribution in [0.25, 0.3) is 6.08 Å². The number of anilines is 1. The SMILES string of the molecule is CC(=O)Nc1ncc(/C=C/C(=O)N2CC=C(Cc3cccs3)CC2)cc1C. The van der Waals surface area contributed by atoms with Crippen molar-refractivity contribution in [1.29, 1.82) is 0 Å². The first-order chi connectivity index (χ1) is 13.0. The second-order valence-corrected chi connectivity index (χ2v) is 7.63. The van der Waals surface area contributed by atoms with Crippen LogP contribution in [-0.4, -0.2) is 34.8 Å². The first-order valence-electron chi connectivity index (χ1n) is 8.93. The zero-order valence-electron chi connectivity index (χ0n) is 15.6. The van der Waals surface area contributed by atoms with Gasteiger partial charge in [-0.2, -0.15) is 0 Å². The van der Waals surface area contributed by atoms with Crippen LogP contribution in [-0.2, 0) is 16.0 Å². The predicted molar refractivity (Wildman–Crippen MR) is 110 cm³/mol. The van der Waals surface area contributed by atoms with Crippen LogP contribution in [0.5, 0.6) is 0 Å². The molecule has 27 heavy (non-hydrogen) atoms. The Bertz CT molecular complexity index is 885. The fourth-order valence-corrected chi connectivity index (χ4v) is 3.72. The lowest BCUT2D eigenvalue weighted by atomic mass is 10.0. The summed E-state index contributed by atoms with van der Waals surface area (Å²) in [5.41, 5.74) is 3.10. The minimum Gasteiger partial charge on any atom is -0.335 e. The Morgan fingerprint density at radius 3 is 2.89 bits per heavy atom. The van der Waals surface area contributed by atoms with E-state index in [2.05, 4.69) is 33.9 Å². The second kappa shape index (κ2) is 8.77. The smallest absolute Gasteiger partial charge is 0.246 e. The molecule has 0 saturated heterocycles. The van der Waals surface area contributed by atoms with Crippen molar-refractivity contribution in [3.63, 3.8) is 0 Å². The van der Waals surface area contributed by atoms with Gasteiger partial charge in [0.1, 0.15) is 5.82 Å². The average molecular weight is 382 g/mol. The highest BCUT2D eigenvalue weighted by molar-refractivity contribution is 7.09. The molecule has 0 fully saturated rings. The molecule has 140 valence electrons. The number of pyridine rings is 1. The van der Waals surface area contributed by atoms with E-state index in [9.17, 15) is 9.59 Å². The van der Waals surface area contributed by atoms with Crippen molar-refractivity contribution < 1.29 is 9.59 Å². The molecule has 1 N–H and O–H groups in total. The molecule has 0 aromatic carbocycles. The van der Waals surface area contributed by atoms with Gasteiger partial charge in [0.05, 0.1) is 0 Å². The number of aromatic nitrogens is 1. The molecule has 2 aromatic heterocycles. The van der Waals surface area contributed by atoms with Crippen LogP contribution in [0.1, 0.15) is 29.3 Å². The molecule has 0 aliphatic carbocycles. The third kappa shape index (κ3) is 5.37. The summed E-state index contributed by atoms with van der Waals surface area (Å²) in [6, 6.07) is 6.12. The van der Waals surface area contributed by atoms with E-state index in [4.69, 9.17) is 0 Å². The fourth-order valence-electron chi connectivity index (χ4n) is 2.97. The van der Waals surface area contributed by atoms with Crippen molar-refractivity contribution >= 4 is 35.0 Å². The molecule has 3 rings (SSSR count). The van der Waals surface area contributed by atoms with Crippen LogP contribution < -0.4 is 5.32 Å². The molecule has 6 heteroatoms. The lowest BCUT2D eigenvalue weighted by Gasteiger charge is -2.25. The molecule has 5 nitrogen and oxygen atoms in total. The van der Waals surface area contributed by atoms with E-state index in [1.807, 2.05) is 17.9 Å². The number of aryl methyl sites for hydroxylation is 1. The van der Waals surface area contributed by atoms with Gasteiger partial charge in [0.25, 0.3) is 0 Å². The molecule has 2 aromatic rings. The van der Waals surface area contributed by atoms with Gasteiger partial charge in [0.15, 0.2) is 0 Å². The quantitative estimate of drug-likeness (QED) is 0.632. The normalized spacial score (nSPS) is 14.3. The van der Waals surface area contributed by atoms with Gasteiger partial charge in [-0.3, -0.25) is 9.59 Å². The van der Waals surface area contributed by atoms with Gasteiger partial charge in [-0.1, -0.05) is 17.7 Å². The van der Waals surface area contributed by atoms with Gasteiger partial charge in [0, 0.05) is 43.6 Å². The highest BCUT2D eigenvalue weighted by Crippen LogP contribution is 2.20. The van der Waals surface area contributed by atoms with Crippen molar-refractivity contribution in [2.75, 3.05) is 18.4 Å². The van der Waals surface area contributed by atoms with E-state index in [0.717, 1.165) is 30.5 Å². The minimum absolute atomic E-state index is 0.00464. The van der Waals surface area contributed by atoms with Crippen molar-refractivity contribution in [1.82, 2.24) is 9.88 Å². The Kier molecular flexibility index (Phi) is 6.19. The molecule has 0 spiro atoms. The maximum Gasteiger partial charge on any atom is 0.246 e. The number of hydrogen-bond acceptors (Lipinski definition) is 4. The van der Waals surface area contributed by atoms with Crippen molar-refractivity contribution in [2.45, 2.75) is 26.7 Å². The Morgan fingerprint density at radius 1 is 1.41 bits per heavy atom. The van der Waals surface area contributed by atoms with E-state index in [0.29, 0.717) is 12.4 Å². The summed E-state index contributed by atoms with van der Waals surface area (Å²) in [7, 11) is 0. The van der Waals surface area contributed by atoms with Gasteiger partial charge < -0.3 is 10.2 Å². The molecule has 0 atom stereocenters. The summed E-state index contributed by atoms with van der Waals surface area (Å²) in [5, 5.41) is 4.78. The van der Waals surface area contributed by atoms with Crippen molar-refractivity contribution in [2.24, 2.45) is 0 Å². The number of nitrogens with one attached hydrogen (secondary N) is 1. The number of rotatable bonds is 5. The van der Waals surface area contributed by atoms with Gasteiger partial charge >= 0.3 is 0 Å². The number of amides is 2. The standard InChI is InChI=1S/C21H23N3O2S/c1-15-12-18(14-22-21(15)23-16(2)25)5-6-20(26)24-9-7-17(8-10-24)13-19-4-3-11-27-19/h3-7,11-12,14H,8-10,13H2,1-2H3,(H,22,23,25)/b6-5+. The second-order valence-electron chi connectivity index (χ2n) is 6.60. The van der Waals surface area contributed by atoms with E-state index in [-0.39, 0.29) is 11.8 Å². The zero-order chi connectivity index (χ0) is 19.2. The lowest BCUT2D eigenvalue weighted by Crippen LogP contribution is -2.33. The third-order valence-electron chi connectivity index (χ3n) is 4.41. The topological polar surface area (TPSA) is 62.3 Å². The van der Waals surface area contributed by atoms with Gasteiger partial charge in [0.2, 0.25) is 11.8 Å². The third-order valence-corrected chi connectivity index (χ3v) is 5.28. The summed E-state index contributed by atoms with van der Waals surface area (Å²) in [6.45, 7) is 4.73. The minimum atomic E-state index is -0.152.